The highest BCUT2D eigenvalue weighted by atomic mass is 16.5. The number of hydrogen-bond donors (Lipinski definition) is 1. The Bertz CT molecular complexity index is 666. The Balaban J connectivity index is 1.79. The Hall–Kier alpha value is -2.32. The summed E-state index contributed by atoms with van der Waals surface area (Å²) in [4.78, 5) is 4.25. The molecular formula is C16H17N3O2. The van der Waals surface area contributed by atoms with Crippen molar-refractivity contribution in [3.8, 4) is 17.5 Å². The van der Waals surface area contributed by atoms with E-state index >= 15 is 0 Å². The molecule has 3 rings (SSSR count). The van der Waals surface area contributed by atoms with Gasteiger partial charge in [0.1, 0.15) is 6.07 Å². The number of rotatable bonds is 4. The summed E-state index contributed by atoms with van der Waals surface area (Å²) < 4.78 is 11.3. The Morgan fingerprint density at radius 1 is 1.48 bits per heavy atom. The van der Waals surface area contributed by atoms with Crippen LogP contribution >= 0.6 is 0 Å². The van der Waals surface area contributed by atoms with Gasteiger partial charge in [-0.2, -0.15) is 10.2 Å². The van der Waals surface area contributed by atoms with Crippen molar-refractivity contribution in [3.63, 3.8) is 0 Å². The van der Waals surface area contributed by atoms with E-state index in [9.17, 15) is 5.26 Å². The van der Waals surface area contributed by atoms with E-state index in [1.807, 2.05) is 31.2 Å². The number of anilines is 1. The summed E-state index contributed by atoms with van der Waals surface area (Å²) in [6.07, 6.45) is 2.31. The van der Waals surface area contributed by atoms with Gasteiger partial charge in [-0.3, -0.25) is 0 Å². The van der Waals surface area contributed by atoms with Crippen molar-refractivity contribution < 1.29 is 9.15 Å². The third-order valence-electron chi connectivity index (χ3n) is 3.51. The van der Waals surface area contributed by atoms with E-state index in [0.717, 1.165) is 30.6 Å². The fourth-order valence-corrected chi connectivity index (χ4v) is 2.43. The van der Waals surface area contributed by atoms with Crippen molar-refractivity contribution in [2.45, 2.75) is 25.9 Å². The van der Waals surface area contributed by atoms with Crippen molar-refractivity contribution in [3.05, 3.63) is 35.5 Å². The van der Waals surface area contributed by atoms with E-state index in [1.165, 1.54) is 0 Å². The summed E-state index contributed by atoms with van der Waals surface area (Å²) in [5, 5.41) is 12.3. The molecule has 2 heterocycles. The lowest BCUT2D eigenvalue weighted by Gasteiger charge is -2.09. The quantitative estimate of drug-likeness (QED) is 0.933. The number of hydrogen-bond acceptors (Lipinski definition) is 5. The molecule has 1 atom stereocenters. The highest BCUT2D eigenvalue weighted by Gasteiger charge is 2.19. The second-order valence-electron chi connectivity index (χ2n) is 5.19. The molecule has 21 heavy (non-hydrogen) atoms. The van der Waals surface area contributed by atoms with Crippen molar-refractivity contribution in [2.24, 2.45) is 0 Å². The Morgan fingerprint density at radius 2 is 2.38 bits per heavy atom. The molecule has 0 saturated carbocycles. The number of aryl methyl sites for hydroxylation is 1. The van der Waals surface area contributed by atoms with Crippen LogP contribution in [0.2, 0.25) is 0 Å². The van der Waals surface area contributed by atoms with E-state index in [0.29, 0.717) is 18.3 Å². The monoisotopic (exact) mass is 283 g/mol. The first-order valence-electron chi connectivity index (χ1n) is 7.09. The van der Waals surface area contributed by atoms with Crippen LogP contribution in [0.15, 0.2) is 28.7 Å². The number of nitrogens with one attached hydrogen (secondary N) is 1. The standard InChI is InChI=1S/C16H17N3O2/c1-11-4-2-5-12(8-11)15-19-14(9-17)16(21-15)18-10-13-6-3-7-20-13/h2,4-5,8,13,18H,3,6-7,10H2,1H3. The van der Waals surface area contributed by atoms with Gasteiger partial charge in [0.25, 0.3) is 0 Å². The smallest absolute Gasteiger partial charge is 0.232 e. The molecule has 0 aliphatic carbocycles. The minimum absolute atomic E-state index is 0.184. The lowest BCUT2D eigenvalue weighted by Crippen LogP contribution is -2.18. The van der Waals surface area contributed by atoms with E-state index in [1.54, 1.807) is 0 Å². The van der Waals surface area contributed by atoms with Crippen LogP contribution in [0.1, 0.15) is 24.1 Å². The van der Waals surface area contributed by atoms with Crippen LogP contribution in [0, 0.1) is 18.3 Å². The molecule has 0 amide bonds. The first kappa shape index (κ1) is 13.7. The third kappa shape index (κ3) is 3.06. The summed E-state index contributed by atoms with van der Waals surface area (Å²) >= 11 is 0. The molecule has 1 N–H and O–H groups in total. The summed E-state index contributed by atoms with van der Waals surface area (Å²) in [7, 11) is 0. The molecule has 0 spiro atoms. The van der Waals surface area contributed by atoms with Gasteiger partial charge in [-0.25, -0.2) is 0 Å². The molecule has 1 saturated heterocycles. The Labute approximate surface area is 123 Å². The number of benzene rings is 1. The molecule has 0 bridgehead atoms. The van der Waals surface area contributed by atoms with Crippen LogP contribution in [0.5, 0.6) is 0 Å². The van der Waals surface area contributed by atoms with Crippen molar-refractivity contribution in [1.29, 1.82) is 5.26 Å². The second-order valence-corrected chi connectivity index (χ2v) is 5.19. The van der Waals surface area contributed by atoms with Gasteiger partial charge in [-0.1, -0.05) is 17.7 Å². The molecule has 108 valence electrons. The summed E-state index contributed by atoms with van der Waals surface area (Å²) in [5.74, 6) is 0.884. The number of aromatic nitrogens is 1. The lowest BCUT2D eigenvalue weighted by atomic mass is 10.1. The van der Waals surface area contributed by atoms with E-state index in [-0.39, 0.29) is 11.8 Å². The van der Waals surface area contributed by atoms with Crippen molar-refractivity contribution in [2.75, 3.05) is 18.5 Å². The molecule has 1 fully saturated rings. The molecule has 1 aromatic carbocycles. The van der Waals surface area contributed by atoms with Gasteiger partial charge in [0.2, 0.25) is 17.5 Å². The fraction of sp³-hybridized carbons (Fsp3) is 0.375. The molecule has 1 aliphatic rings. The second kappa shape index (κ2) is 5.98. The zero-order valence-corrected chi connectivity index (χ0v) is 11.9. The van der Waals surface area contributed by atoms with Crippen LogP contribution < -0.4 is 5.32 Å². The molecule has 1 aromatic heterocycles. The summed E-state index contributed by atoms with van der Waals surface area (Å²) in [6.45, 7) is 3.45. The van der Waals surface area contributed by atoms with Gasteiger partial charge in [0.15, 0.2) is 0 Å². The maximum atomic E-state index is 9.18. The van der Waals surface area contributed by atoms with Gasteiger partial charge >= 0.3 is 0 Å². The SMILES string of the molecule is Cc1cccc(-c2nc(C#N)c(NCC3CCCO3)o2)c1. The molecule has 0 radical (unpaired) electrons. The first-order chi connectivity index (χ1) is 10.3. The highest BCUT2D eigenvalue weighted by molar-refractivity contribution is 5.59. The molecule has 5 nitrogen and oxygen atoms in total. The van der Waals surface area contributed by atoms with Gasteiger partial charge in [-0.05, 0) is 31.9 Å². The molecular weight excluding hydrogens is 266 g/mol. The summed E-state index contributed by atoms with van der Waals surface area (Å²) in [6, 6.07) is 9.92. The predicted octanol–water partition coefficient (Wildman–Crippen LogP) is 3.11. The topological polar surface area (TPSA) is 71.1 Å². The Kier molecular flexibility index (Phi) is 3.89. The van der Waals surface area contributed by atoms with Gasteiger partial charge in [-0.15, -0.1) is 0 Å². The Morgan fingerprint density at radius 3 is 3.10 bits per heavy atom. The van der Waals surface area contributed by atoms with Crippen LogP contribution in [0.4, 0.5) is 5.88 Å². The minimum atomic E-state index is 0.184. The van der Waals surface area contributed by atoms with Crippen LogP contribution in [0.3, 0.4) is 0 Å². The van der Waals surface area contributed by atoms with E-state index in [2.05, 4.69) is 16.4 Å². The third-order valence-corrected chi connectivity index (χ3v) is 3.51. The van der Waals surface area contributed by atoms with Crippen molar-refractivity contribution >= 4 is 5.88 Å². The number of oxazole rings is 1. The fourth-order valence-electron chi connectivity index (χ4n) is 2.43. The van der Waals surface area contributed by atoms with Gasteiger partial charge in [0.05, 0.1) is 6.10 Å². The summed E-state index contributed by atoms with van der Waals surface area (Å²) in [5.41, 5.74) is 2.28. The highest BCUT2D eigenvalue weighted by Crippen LogP contribution is 2.26. The van der Waals surface area contributed by atoms with Crippen LogP contribution in [0.25, 0.3) is 11.5 Å². The van der Waals surface area contributed by atoms with Gasteiger partial charge < -0.3 is 14.5 Å². The predicted molar refractivity (Wildman–Crippen MR) is 78.9 cm³/mol. The number of nitriles is 1. The van der Waals surface area contributed by atoms with Crippen LogP contribution in [-0.2, 0) is 4.74 Å². The van der Waals surface area contributed by atoms with E-state index in [4.69, 9.17) is 9.15 Å². The van der Waals surface area contributed by atoms with E-state index < -0.39 is 0 Å². The zero-order chi connectivity index (χ0) is 14.7. The van der Waals surface area contributed by atoms with Crippen molar-refractivity contribution in [1.82, 2.24) is 4.98 Å². The number of nitrogens with zero attached hydrogens (tertiary/aromatic N) is 2. The normalized spacial score (nSPS) is 17.6. The zero-order valence-electron chi connectivity index (χ0n) is 11.9. The molecule has 5 heteroatoms. The lowest BCUT2D eigenvalue weighted by molar-refractivity contribution is 0.120. The minimum Gasteiger partial charge on any atom is -0.419 e. The molecule has 1 aliphatic heterocycles. The largest absolute Gasteiger partial charge is 0.419 e. The number of ether oxygens (including phenoxy) is 1. The maximum Gasteiger partial charge on any atom is 0.232 e. The molecule has 1 unspecified atom stereocenters. The van der Waals surface area contributed by atoms with Gasteiger partial charge in [0, 0.05) is 18.7 Å². The maximum absolute atomic E-state index is 9.18. The average molecular weight is 283 g/mol. The average Bonchev–Trinajstić information content (AvgIpc) is 3.14. The molecule has 2 aromatic rings. The van der Waals surface area contributed by atoms with Crippen LogP contribution in [-0.4, -0.2) is 24.2 Å². The first-order valence-corrected chi connectivity index (χ1v) is 7.09.